The Hall–Kier alpha value is -1.79. The topological polar surface area (TPSA) is 61.9 Å². The van der Waals surface area contributed by atoms with Crippen molar-refractivity contribution in [2.45, 2.75) is 0 Å². The third kappa shape index (κ3) is 4.61. The van der Waals surface area contributed by atoms with Gasteiger partial charge in [0.2, 0.25) is 5.91 Å². The summed E-state index contributed by atoms with van der Waals surface area (Å²) >= 11 is 0. The number of methoxy groups -OCH3 is 1. The van der Waals surface area contributed by atoms with Crippen molar-refractivity contribution in [2.24, 2.45) is 0 Å². The van der Waals surface area contributed by atoms with Crippen LogP contribution in [0.5, 0.6) is 5.75 Å². The van der Waals surface area contributed by atoms with E-state index in [2.05, 4.69) is 5.32 Å². The number of nitrogens with one attached hydrogen (secondary N) is 1. The lowest BCUT2D eigenvalue weighted by atomic mass is 10.2. The van der Waals surface area contributed by atoms with E-state index in [0.29, 0.717) is 24.4 Å². The van der Waals surface area contributed by atoms with E-state index >= 15 is 0 Å². The first-order chi connectivity index (χ1) is 10.1. The van der Waals surface area contributed by atoms with Crippen LogP contribution in [0.15, 0.2) is 24.3 Å². The zero-order valence-corrected chi connectivity index (χ0v) is 13.7. The molecule has 22 heavy (non-hydrogen) atoms. The van der Waals surface area contributed by atoms with Crippen LogP contribution in [0.1, 0.15) is 10.4 Å². The summed E-state index contributed by atoms with van der Waals surface area (Å²) < 4.78 is 5.11. The quantitative estimate of drug-likeness (QED) is 0.880. The SMILES string of the molecule is COc1cccc(C(=O)N(C)CC(=O)N2CCNCC2)c1.Cl. The van der Waals surface area contributed by atoms with E-state index in [1.807, 2.05) is 0 Å². The normalized spacial score (nSPS) is 14.0. The molecule has 0 radical (unpaired) electrons. The van der Waals surface area contributed by atoms with Crippen molar-refractivity contribution in [1.82, 2.24) is 15.1 Å². The summed E-state index contributed by atoms with van der Waals surface area (Å²) in [6.45, 7) is 3.09. The average molecular weight is 328 g/mol. The number of nitrogens with zero attached hydrogens (tertiary/aromatic N) is 2. The van der Waals surface area contributed by atoms with E-state index in [1.165, 1.54) is 4.90 Å². The van der Waals surface area contributed by atoms with Gasteiger partial charge in [0.1, 0.15) is 5.75 Å². The fourth-order valence-electron chi connectivity index (χ4n) is 2.27. The van der Waals surface area contributed by atoms with Crippen LogP contribution in [0.2, 0.25) is 0 Å². The summed E-state index contributed by atoms with van der Waals surface area (Å²) in [5.41, 5.74) is 0.518. The number of rotatable bonds is 4. The molecule has 2 amide bonds. The summed E-state index contributed by atoms with van der Waals surface area (Å²) in [6.07, 6.45) is 0. The van der Waals surface area contributed by atoms with Gasteiger partial charge in [-0.2, -0.15) is 0 Å². The lowest BCUT2D eigenvalue weighted by Crippen LogP contribution is -2.49. The number of likely N-dealkylation sites (N-methyl/N-ethyl adjacent to an activating group) is 1. The molecule has 0 unspecified atom stereocenters. The van der Waals surface area contributed by atoms with Crippen molar-refractivity contribution < 1.29 is 14.3 Å². The summed E-state index contributed by atoms with van der Waals surface area (Å²) in [4.78, 5) is 27.7. The lowest BCUT2D eigenvalue weighted by molar-refractivity contribution is -0.132. The van der Waals surface area contributed by atoms with Crippen molar-refractivity contribution in [3.63, 3.8) is 0 Å². The Bertz CT molecular complexity index is 519. The zero-order valence-electron chi connectivity index (χ0n) is 12.9. The van der Waals surface area contributed by atoms with E-state index in [-0.39, 0.29) is 30.8 Å². The van der Waals surface area contributed by atoms with Gasteiger partial charge >= 0.3 is 0 Å². The van der Waals surface area contributed by atoms with Gasteiger partial charge in [-0.15, -0.1) is 12.4 Å². The predicted molar refractivity (Wildman–Crippen MR) is 86.7 cm³/mol. The van der Waals surface area contributed by atoms with Gasteiger partial charge in [0.05, 0.1) is 13.7 Å². The number of hydrogen-bond donors (Lipinski definition) is 1. The minimum absolute atomic E-state index is 0. The molecule has 0 atom stereocenters. The largest absolute Gasteiger partial charge is 0.497 e. The minimum Gasteiger partial charge on any atom is -0.497 e. The van der Waals surface area contributed by atoms with E-state index in [0.717, 1.165) is 13.1 Å². The van der Waals surface area contributed by atoms with Gasteiger partial charge in [-0.05, 0) is 18.2 Å². The van der Waals surface area contributed by atoms with Crippen molar-refractivity contribution in [2.75, 3.05) is 46.9 Å². The molecular weight excluding hydrogens is 306 g/mol. The van der Waals surface area contributed by atoms with Crippen LogP contribution >= 0.6 is 12.4 Å². The highest BCUT2D eigenvalue weighted by molar-refractivity contribution is 5.96. The van der Waals surface area contributed by atoms with Crippen molar-refractivity contribution in [3.05, 3.63) is 29.8 Å². The van der Waals surface area contributed by atoms with E-state index in [9.17, 15) is 9.59 Å². The molecule has 7 heteroatoms. The number of carbonyl (C=O) groups is 2. The fraction of sp³-hybridized carbons (Fsp3) is 0.467. The molecule has 0 aromatic heterocycles. The molecule has 1 fully saturated rings. The van der Waals surface area contributed by atoms with Crippen LogP contribution < -0.4 is 10.1 Å². The summed E-state index contributed by atoms with van der Waals surface area (Å²) in [6, 6.07) is 6.94. The first kappa shape index (κ1) is 18.3. The van der Waals surface area contributed by atoms with Gasteiger partial charge < -0.3 is 19.9 Å². The number of halogens is 1. The Morgan fingerprint density at radius 1 is 1.32 bits per heavy atom. The molecule has 1 aliphatic heterocycles. The first-order valence-electron chi connectivity index (χ1n) is 7.00. The Labute approximate surface area is 136 Å². The molecule has 1 aromatic rings. The highest BCUT2D eigenvalue weighted by atomic mass is 35.5. The summed E-state index contributed by atoms with van der Waals surface area (Å²) in [5, 5.41) is 3.20. The zero-order chi connectivity index (χ0) is 15.2. The molecule has 1 aliphatic rings. The molecule has 0 bridgehead atoms. The molecule has 0 spiro atoms. The number of piperazine rings is 1. The predicted octanol–water partition coefficient (Wildman–Crippen LogP) is 0.621. The first-order valence-corrected chi connectivity index (χ1v) is 7.00. The maximum Gasteiger partial charge on any atom is 0.254 e. The standard InChI is InChI=1S/C15H21N3O3.ClH/c1-17(11-14(19)18-8-6-16-7-9-18)15(20)12-4-3-5-13(10-12)21-2;/h3-5,10,16H,6-9,11H2,1-2H3;1H. The van der Waals surface area contributed by atoms with Gasteiger partial charge in [0.25, 0.3) is 5.91 Å². The van der Waals surface area contributed by atoms with Gasteiger partial charge in [-0.3, -0.25) is 9.59 Å². The number of hydrogen-bond acceptors (Lipinski definition) is 4. The number of benzene rings is 1. The second-order valence-electron chi connectivity index (χ2n) is 5.02. The maximum atomic E-state index is 12.3. The van der Waals surface area contributed by atoms with Crippen LogP contribution in [0, 0.1) is 0 Å². The van der Waals surface area contributed by atoms with Gasteiger partial charge in [-0.1, -0.05) is 6.07 Å². The van der Waals surface area contributed by atoms with Gasteiger partial charge in [-0.25, -0.2) is 0 Å². The summed E-state index contributed by atoms with van der Waals surface area (Å²) in [5.74, 6) is 0.426. The van der Waals surface area contributed by atoms with Crippen LogP contribution in [0.4, 0.5) is 0 Å². The average Bonchev–Trinajstić information content (AvgIpc) is 2.54. The molecule has 1 saturated heterocycles. The molecule has 0 aliphatic carbocycles. The Balaban J connectivity index is 0.00000242. The van der Waals surface area contributed by atoms with Crippen molar-refractivity contribution in [3.8, 4) is 5.75 Å². The van der Waals surface area contributed by atoms with Crippen LogP contribution in [-0.2, 0) is 4.79 Å². The monoisotopic (exact) mass is 327 g/mol. The number of amides is 2. The second-order valence-corrected chi connectivity index (χ2v) is 5.02. The number of carbonyl (C=O) groups excluding carboxylic acids is 2. The highest BCUT2D eigenvalue weighted by Gasteiger charge is 2.20. The number of ether oxygens (including phenoxy) is 1. The van der Waals surface area contributed by atoms with Crippen LogP contribution in [-0.4, -0.2) is 68.5 Å². The lowest BCUT2D eigenvalue weighted by Gasteiger charge is -2.29. The van der Waals surface area contributed by atoms with Gasteiger partial charge in [0.15, 0.2) is 0 Å². The van der Waals surface area contributed by atoms with E-state index in [4.69, 9.17) is 4.74 Å². The van der Waals surface area contributed by atoms with E-state index < -0.39 is 0 Å². The van der Waals surface area contributed by atoms with E-state index in [1.54, 1.807) is 43.3 Å². The van der Waals surface area contributed by atoms with Gasteiger partial charge in [0, 0.05) is 38.8 Å². The minimum atomic E-state index is -0.183. The van der Waals surface area contributed by atoms with Crippen molar-refractivity contribution in [1.29, 1.82) is 0 Å². The molecular formula is C15H22ClN3O3. The Morgan fingerprint density at radius 3 is 2.64 bits per heavy atom. The highest BCUT2D eigenvalue weighted by Crippen LogP contribution is 2.14. The maximum absolute atomic E-state index is 12.3. The molecule has 1 heterocycles. The smallest absolute Gasteiger partial charge is 0.254 e. The van der Waals surface area contributed by atoms with Crippen molar-refractivity contribution >= 4 is 24.2 Å². The second kappa shape index (κ2) is 8.60. The molecule has 2 rings (SSSR count). The van der Waals surface area contributed by atoms with Crippen LogP contribution in [0.25, 0.3) is 0 Å². The molecule has 122 valence electrons. The molecule has 1 N–H and O–H groups in total. The Kier molecular flexibility index (Phi) is 7.14. The van der Waals surface area contributed by atoms with Crippen LogP contribution in [0.3, 0.4) is 0 Å². The molecule has 0 saturated carbocycles. The molecule has 1 aromatic carbocycles. The molecule has 6 nitrogen and oxygen atoms in total. The summed E-state index contributed by atoms with van der Waals surface area (Å²) in [7, 11) is 3.20. The Morgan fingerprint density at radius 2 is 2.00 bits per heavy atom. The fourth-order valence-corrected chi connectivity index (χ4v) is 2.27. The third-order valence-corrected chi connectivity index (χ3v) is 3.51. The third-order valence-electron chi connectivity index (χ3n) is 3.51.